The molecule has 4 aromatic rings. The number of hydrogen-bond donors (Lipinski definition) is 1. The molecule has 5 heteroatoms. The summed E-state index contributed by atoms with van der Waals surface area (Å²) in [5.41, 5.74) is 3.65. The maximum Gasteiger partial charge on any atom is 0.336 e. The lowest BCUT2D eigenvalue weighted by Crippen LogP contribution is -2.47. The Morgan fingerprint density at radius 2 is 1.44 bits per heavy atom. The van der Waals surface area contributed by atoms with Crippen molar-refractivity contribution in [1.29, 1.82) is 0 Å². The highest BCUT2D eigenvalue weighted by molar-refractivity contribution is 5.81. The number of hydrogen-bond acceptors (Lipinski definition) is 5. The summed E-state index contributed by atoms with van der Waals surface area (Å²) >= 11 is 0. The van der Waals surface area contributed by atoms with E-state index in [1.807, 2.05) is 0 Å². The summed E-state index contributed by atoms with van der Waals surface area (Å²) in [4.78, 5) is 16.9. The minimum absolute atomic E-state index is 0.172. The summed E-state index contributed by atoms with van der Waals surface area (Å²) in [6.45, 7) is 4.31. The first-order chi connectivity index (χ1) is 15.7. The van der Waals surface area contributed by atoms with Gasteiger partial charge in [-0.2, -0.15) is 0 Å². The molecule has 0 saturated carbocycles. The van der Waals surface area contributed by atoms with Crippen LogP contribution in [0.5, 0.6) is 5.75 Å². The predicted octanol–water partition coefficient (Wildman–Crippen LogP) is 4.41. The van der Waals surface area contributed by atoms with Gasteiger partial charge in [-0.05, 0) is 34.9 Å². The maximum atomic E-state index is 12.0. The topological polar surface area (TPSA) is 56.9 Å². The van der Waals surface area contributed by atoms with Gasteiger partial charge in [0.05, 0.1) is 6.04 Å². The molecule has 0 bridgehead atoms. The van der Waals surface area contributed by atoms with Crippen LogP contribution in [0.1, 0.15) is 22.7 Å². The molecule has 162 valence electrons. The van der Waals surface area contributed by atoms with Crippen LogP contribution in [-0.2, 0) is 6.54 Å². The van der Waals surface area contributed by atoms with Crippen LogP contribution < -0.4 is 5.63 Å². The molecule has 1 saturated heterocycles. The third-order valence-corrected chi connectivity index (χ3v) is 6.21. The number of rotatable bonds is 5. The molecule has 5 rings (SSSR count). The molecule has 5 nitrogen and oxygen atoms in total. The molecule has 1 aliphatic rings. The van der Waals surface area contributed by atoms with E-state index in [0.29, 0.717) is 12.1 Å². The molecule has 3 aromatic carbocycles. The van der Waals surface area contributed by atoms with Gasteiger partial charge in [-0.15, -0.1) is 0 Å². The summed E-state index contributed by atoms with van der Waals surface area (Å²) in [7, 11) is 0. The lowest BCUT2D eigenvalue weighted by atomic mass is 9.96. The van der Waals surface area contributed by atoms with E-state index < -0.39 is 0 Å². The molecule has 0 amide bonds. The SMILES string of the molecule is O=c1cc(CN2CCN(C(c3ccccc3)c3ccccc3)CC2)c2cc(O)ccc2o1. The maximum absolute atomic E-state index is 12.0. The quantitative estimate of drug-likeness (QED) is 0.479. The van der Waals surface area contributed by atoms with E-state index in [2.05, 4.69) is 70.5 Å². The first-order valence-electron chi connectivity index (χ1n) is 11.0. The fourth-order valence-electron chi connectivity index (χ4n) is 4.65. The Kier molecular flexibility index (Phi) is 5.75. The number of aromatic hydroxyl groups is 1. The van der Waals surface area contributed by atoms with Crippen molar-refractivity contribution in [3.63, 3.8) is 0 Å². The van der Waals surface area contributed by atoms with E-state index in [1.165, 1.54) is 11.1 Å². The molecule has 0 aliphatic carbocycles. The summed E-state index contributed by atoms with van der Waals surface area (Å²) in [5, 5.41) is 10.7. The van der Waals surface area contributed by atoms with Crippen LogP contribution >= 0.6 is 0 Å². The fraction of sp³-hybridized carbons (Fsp3) is 0.222. The van der Waals surface area contributed by atoms with Crippen molar-refractivity contribution in [3.8, 4) is 5.75 Å². The number of benzene rings is 3. The van der Waals surface area contributed by atoms with Gasteiger partial charge in [0.15, 0.2) is 0 Å². The van der Waals surface area contributed by atoms with Crippen LogP contribution in [-0.4, -0.2) is 41.1 Å². The minimum atomic E-state index is -0.356. The van der Waals surface area contributed by atoms with Crippen molar-refractivity contribution in [3.05, 3.63) is 112 Å². The molecule has 2 heterocycles. The number of fused-ring (bicyclic) bond motifs is 1. The summed E-state index contributed by atoms with van der Waals surface area (Å²) in [6.07, 6.45) is 0. The van der Waals surface area contributed by atoms with Crippen LogP contribution in [0.2, 0.25) is 0 Å². The van der Waals surface area contributed by atoms with Crippen molar-refractivity contribution in [2.45, 2.75) is 12.6 Å². The number of nitrogens with zero attached hydrogens (tertiary/aromatic N) is 2. The molecule has 1 aliphatic heterocycles. The van der Waals surface area contributed by atoms with E-state index in [4.69, 9.17) is 4.42 Å². The van der Waals surface area contributed by atoms with E-state index in [1.54, 1.807) is 24.3 Å². The van der Waals surface area contributed by atoms with Gasteiger partial charge in [0.25, 0.3) is 0 Å². The first kappa shape index (κ1) is 20.5. The highest BCUT2D eigenvalue weighted by atomic mass is 16.4. The van der Waals surface area contributed by atoms with Crippen LogP contribution in [0, 0.1) is 0 Å². The number of phenols is 1. The average Bonchev–Trinajstić information content (AvgIpc) is 2.82. The second kappa shape index (κ2) is 8.99. The van der Waals surface area contributed by atoms with Gasteiger partial charge < -0.3 is 9.52 Å². The molecular formula is C27H26N2O3. The molecule has 1 N–H and O–H groups in total. The van der Waals surface area contributed by atoms with Crippen LogP contribution in [0.25, 0.3) is 11.0 Å². The zero-order valence-electron chi connectivity index (χ0n) is 17.9. The van der Waals surface area contributed by atoms with Crippen molar-refractivity contribution in [2.24, 2.45) is 0 Å². The third-order valence-electron chi connectivity index (χ3n) is 6.21. The Morgan fingerprint density at radius 3 is 2.06 bits per heavy atom. The Hall–Kier alpha value is -3.41. The first-order valence-corrected chi connectivity index (χ1v) is 11.0. The van der Waals surface area contributed by atoms with E-state index in [9.17, 15) is 9.90 Å². The lowest BCUT2D eigenvalue weighted by Gasteiger charge is -2.40. The highest BCUT2D eigenvalue weighted by Crippen LogP contribution is 2.30. The number of phenolic OH excluding ortho intramolecular Hbond substituents is 1. The van der Waals surface area contributed by atoms with Gasteiger partial charge in [-0.1, -0.05) is 60.7 Å². The Morgan fingerprint density at radius 1 is 0.812 bits per heavy atom. The van der Waals surface area contributed by atoms with E-state index >= 15 is 0 Å². The smallest absolute Gasteiger partial charge is 0.336 e. The van der Waals surface area contributed by atoms with Gasteiger partial charge >= 0.3 is 5.63 Å². The minimum Gasteiger partial charge on any atom is -0.508 e. The number of piperazine rings is 1. The van der Waals surface area contributed by atoms with Crippen molar-refractivity contribution < 1.29 is 9.52 Å². The predicted molar refractivity (Wildman–Crippen MR) is 126 cm³/mol. The van der Waals surface area contributed by atoms with Crippen LogP contribution in [0.3, 0.4) is 0 Å². The molecule has 0 spiro atoms. The standard InChI is InChI=1S/C27H26N2O3/c30-23-11-12-25-24(18-23)22(17-26(31)32-25)19-28-13-15-29(16-14-28)27(20-7-3-1-4-8-20)21-9-5-2-6-10-21/h1-12,17-18,27,30H,13-16,19H2. The van der Waals surface area contributed by atoms with E-state index in [0.717, 1.165) is 37.1 Å². The molecular weight excluding hydrogens is 400 g/mol. The Labute approximate surface area is 187 Å². The summed E-state index contributed by atoms with van der Waals surface area (Å²) in [6, 6.07) is 28.0. The van der Waals surface area contributed by atoms with E-state index in [-0.39, 0.29) is 17.4 Å². The summed E-state index contributed by atoms with van der Waals surface area (Å²) in [5.74, 6) is 0.172. The Bertz CT molecular complexity index is 1210. The second-order valence-corrected chi connectivity index (χ2v) is 8.31. The van der Waals surface area contributed by atoms with Crippen LogP contribution in [0.4, 0.5) is 0 Å². The van der Waals surface area contributed by atoms with Gasteiger partial charge in [0.1, 0.15) is 11.3 Å². The average molecular weight is 427 g/mol. The third kappa shape index (κ3) is 4.31. The Balaban J connectivity index is 1.35. The lowest BCUT2D eigenvalue weighted by molar-refractivity contribution is 0.105. The van der Waals surface area contributed by atoms with Crippen molar-refractivity contribution in [1.82, 2.24) is 9.80 Å². The zero-order chi connectivity index (χ0) is 21.9. The second-order valence-electron chi connectivity index (χ2n) is 8.31. The van der Waals surface area contributed by atoms with Gasteiger partial charge in [0.2, 0.25) is 0 Å². The normalized spacial score (nSPS) is 15.4. The zero-order valence-corrected chi connectivity index (χ0v) is 17.9. The van der Waals surface area contributed by atoms with Gasteiger partial charge in [-0.3, -0.25) is 9.80 Å². The molecule has 0 radical (unpaired) electrons. The monoisotopic (exact) mass is 426 g/mol. The van der Waals surface area contributed by atoms with Gasteiger partial charge in [-0.25, -0.2) is 4.79 Å². The highest BCUT2D eigenvalue weighted by Gasteiger charge is 2.26. The van der Waals surface area contributed by atoms with Crippen LogP contribution in [0.15, 0.2) is 94.1 Å². The van der Waals surface area contributed by atoms with Gasteiger partial charge in [0, 0.05) is 44.2 Å². The summed E-state index contributed by atoms with van der Waals surface area (Å²) < 4.78 is 5.30. The largest absolute Gasteiger partial charge is 0.508 e. The molecule has 1 fully saturated rings. The van der Waals surface area contributed by atoms with Crippen molar-refractivity contribution >= 4 is 11.0 Å². The molecule has 0 atom stereocenters. The van der Waals surface area contributed by atoms with Crippen molar-refractivity contribution in [2.75, 3.05) is 26.2 Å². The fourth-order valence-corrected chi connectivity index (χ4v) is 4.65. The molecule has 32 heavy (non-hydrogen) atoms. The molecule has 1 aromatic heterocycles. The molecule has 0 unspecified atom stereocenters.